The van der Waals surface area contributed by atoms with Crippen molar-refractivity contribution in [1.82, 2.24) is 0 Å². The van der Waals surface area contributed by atoms with Gasteiger partial charge in [0.15, 0.2) is 0 Å². The summed E-state index contributed by atoms with van der Waals surface area (Å²) in [6.07, 6.45) is 1.99. The molecule has 0 unspecified atom stereocenters. The molecule has 0 amide bonds. The molecule has 0 aromatic heterocycles. The summed E-state index contributed by atoms with van der Waals surface area (Å²) in [7, 11) is 0. The molecular weight excluding hydrogens is 200 g/mol. The molecule has 4 N–H and O–H groups in total. The van der Waals surface area contributed by atoms with Crippen molar-refractivity contribution in [2.45, 2.75) is 31.5 Å². The van der Waals surface area contributed by atoms with Crippen LogP contribution < -0.4 is 11.5 Å². The summed E-state index contributed by atoms with van der Waals surface area (Å²) in [6, 6.07) is 10.5. The number of hydrogen-bond donors (Lipinski definition) is 2. The van der Waals surface area contributed by atoms with Gasteiger partial charge in [0.25, 0.3) is 0 Å². The quantitative estimate of drug-likeness (QED) is 0.803. The van der Waals surface area contributed by atoms with Crippen LogP contribution in [0.5, 0.6) is 0 Å². The summed E-state index contributed by atoms with van der Waals surface area (Å²) < 4.78 is 5.69. The highest BCUT2D eigenvalue weighted by Crippen LogP contribution is 2.23. The lowest BCUT2D eigenvalue weighted by Gasteiger charge is -2.10. The molecule has 0 radical (unpaired) electrons. The van der Waals surface area contributed by atoms with Crippen molar-refractivity contribution in [3.63, 3.8) is 0 Å². The van der Waals surface area contributed by atoms with Crippen LogP contribution in [0.1, 0.15) is 18.4 Å². The van der Waals surface area contributed by atoms with Crippen LogP contribution >= 0.6 is 0 Å². The molecule has 1 saturated carbocycles. The van der Waals surface area contributed by atoms with Crippen LogP contribution in [0.15, 0.2) is 30.3 Å². The minimum atomic E-state index is 0.158. The predicted octanol–water partition coefficient (Wildman–Crippen LogP) is 1.27. The van der Waals surface area contributed by atoms with Gasteiger partial charge in [-0.25, -0.2) is 0 Å². The summed E-state index contributed by atoms with van der Waals surface area (Å²) in [5.41, 5.74) is 13.0. The maximum Gasteiger partial charge on any atom is 0.0717 e. The van der Waals surface area contributed by atoms with Gasteiger partial charge in [0.1, 0.15) is 0 Å². The van der Waals surface area contributed by atoms with Crippen molar-refractivity contribution in [3.8, 4) is 0 Å². The van der Waals surface area contributed by atoms with E-state index in [0.717, 1.165) is 19.4 Å². The first kappa shape index (κ1) is 11.6. The van der Waals surface area contributed by atoms with Gasteiger partial charge in [-0.05, 0) is 24.3 Å². The smallest absolute Gasteiger partial charge is 0.0717 e. The standard InChI is InChI=1S/C13H20N2O/c14-12-6-11(7-13(12)15)9-16-8-10-4-2-1-3-5-10/h1-5,11-13H,6-9,14-15H2/t12-,13-/m1/s1. The molecule has 3 heteroatoms. The normalized spacial score (nSPS) is 26.1. The van der Waals surface area contributed by atoms with Crippen LogP contribution in [0, 0.1) is 5.92 Å². The van der Waals surface area contributed by atoms with Crippen molar-refractivity contribution in [1.29, 1.82) is 0 Å². The molecule has 1 fully saturated rings. The number of rotatable bonds is 4. The Kier molecular flexibility index (Phi) is 3.93. The molecule has 0 saturated heterocycles. The van der Waals surface area contributed by atoms with E-state index in [0.29, 0.717) is 12.5 Å². The molecule has 1 aromatic carbocycles. The third-order valence-electron chi connectivity index (χ3n) is 3.23. The average Bonchev–Trinajstić information content (AvgIpc) is 2.60. The molecule has 2 atom stereocenters. The minimum Gasteiger partial charge on any atom is -0.376 e. The lowest BCUT2D eigenvalue weighted by Crippen LogP contribution is -2.35. The first-order chi connectivity index (χ1) is 7.75. The number of ether oxygens (including phenoxy) is 1. The Morgan fingerprint density at radius 3 is 2.31 bits per heavy atom. The predicted molar refractivity (Wildman–Crippen MR) is 64.8 cm³/mol. The Balaban J connectivity index is 1.69. The Morgan fingerprint density at radius 2 is 1.69 bits per heavy atom. The highest BCUT2D eigenvalue weighted by molar-refractivity contribution is 5.13. The molecule has 0 spiro atoms. The van der Waals surface area contributed by atoms with Crippen molar-refractivity contribution in [3.05, 3.63) is 35.9 Å². The highest BCUT2D eigenvalue weighted by atomic mass is 16.5. The van der Waals surface area contributed by atoms with E-state index < -0.39 is 0 Å². The Bertz CT molecular complexity index is 305. The lowest BCUT2D eigenvalue weighted by molar-refractivity contribution is 0.0881. The van der Waals surface area contributed by atoms with Gasteiger partial charge in [-0.1, -0.05) is 30.3 Å². The molecule has 3 nitrogen and oxygen atoms in total. The largest absolute Gasteiger partial charge is 0.376 e. The van der Waals surface area contributed by atoms with E-state index in [4.69, 9.17) is 16.2 Å². The van der Waals surface area contributed by atoms with Crippen molar-refractivity contribution < 1.29 is 4.74 Å². The Labute approximate surface area is 96.8 Å². The van der Waals surface area contributed by atoms with Crippen LogP contribution in [-0.4, -0.2) is 18.7 Å². The zero-order valence-corrected chi connectivity index (χ0v) is 9.51. The maximum absolute atomic E-state index is 5.87. The highest BCUT2D eigenvalue weighted by Gasteiger charge is 2.28. The van der Waals surface area contributed by atoms with Crippen LogP contribution in [-0.2, 0) is 11.3 Å². The number of hydrogen-bond acceptors (Lipinski definition) is 3. The molecule has 1 aromatic rings. The van der Waals surface area contributed by atoms with Crippen LogP contribution in [0.4, 0.5) is 0 Å². The van der Waals surface area contributed by atoms with Crippen molar-refractivity contribution in [2.75, 3.05) is 6.61 Å². The molecular formula is C13H20N2O. The SMILES string of the molecule is N[C@@H]1CC(COCc2ccccc2)C[C@H]1N. The minimum absolute atomic E-state index is 0.158. The molecule has 0 aliphatic heterocycles. The third-order valence-corrected chi connectivity index (χ3v) is 3.23. The summed E-state index contributed by atoms with van der Waals surface area (Å²) in [4.78, 5) is 0. The van der Waals surface area contributed by atoms with Gasteiger partial charge in [-0.2, -0.15) is 0 Å². The zero-order chi connectivity index (χ0) is 11.4. The van der Waals surface area contributed by atoms with Gasteiger partial charge >= 0.3 is 0 Å². The summed E-state index contributed by atoms with van der Waals surface area (Å²) in [6.45, 7) is 1.46. The third kappa shape index (κ3) is 3.04. The summed E-state index contributed by atoms with van der Waals surface area (Å²) in [5, 5.41) is 0. The van der Waals surface area contributed by atoms with Crippen LogP contribution in [0.3, 0.4) is 0 Å². The van der Waals surface area contributed by atoms with E-state index in [1.807, 2.05) is 18.2 Å². The van der Waals surface area contributed by atoms with Gasteiger partial charge in [0.05, 0.1) is 6.61 Å². The summed E-state index contributed by atoms with van der Waals surface area (Å²) in [5.74, 6) is 0.536. The molecule has 0 heterocycles. The average molecular weight is 220 g/mol. The van der Waals surface area contributed by atoms with Gasteiger partial charge in [0, 0.05) is 18.7 Å². The molecule has 1 aliphatic carbocycles. The first-order valence-corrected chi connectivity index (χ1v) is 5.88. The number of benzene rings is 1. The second-order valence-corrected chi connectivity index (χ2v) is 4.67. The summed E-state index contributed by atoms with van der Waals surface area (Å²) >= 11 is 0. The molecule has 2 rings (SSSR count). The van der Waals surface area contributed by atoms with E-state index >= 15 is 0 Å². The molecule has 1 aliphatic rings. The van der Waals surface area contributed by atoms with Crippen molar-refractivity contribution in [2.24, 2.45) is 17.4 Å². The lowest BCUT2D eigenvalue weighted by atomic mass is 10.1. The topological polar surface area (TPSA) is 61.3 Å². The zero-order valence-electron chi connectivity index (χ0n) is 9.51. The first-order valence-electron chi connectivity index (χ1n) is 5.88. The van der Waals surface area contributed by atoms with E-state index in [2.05, 4.69) is 12.1 Å². The molecule has 0 bridgehead atoms. The van der Waals surface area contributed by atoms with Gasteiger partial charge < -0.3 is 16.2 Å². The van der Waals surface area contributed by atoms with Gasteiger partial charge in [0.2, 0.25) is 0 Å². The van der Waals surface area contributed by atoms with Crippen LogP contribution in [0.25, 0.3) is 0 Å². The van der Waals surface area contributed by atoms with Gasteiger partial charge in [-0.3, -0.25) is 0 Å². The van der Waals surface area contributed by atoms with E-state index in [9.17, 15) is 0 Å². The maximum atomic E-state index is 5.87. The second kappa shape index (κ2) is 5.43. The van der Waals surface area contributed by atoms with Crippen molar-refractivity contribution >= 4 is 0 Å². The fourth-order valence-electron chi connectivity index (χ4n) is 2.27. The van der Waals surface area contributed by atoms with E-state index in [-0.39, 0.29) is 12.1 Å². The Morgan fingerprint density at radius 1 is 1.06 bits per heavy atom. The van der Waals surface area contributed by atoms with Gasteiger partial charge in [-0.15, -0.1) is 0 Å². The van der Waals surface area contributed by atoms with Crippen LogP contribution in [0.2, 0.25) is 0 Å². The van der Waals surface area contributed by atoms with E-state index in [1.54, 1.807) is 0 Å². The fourth-order valence-corrected chi connectivity index (χ4v) is 2.27. The molecule has 88 valence electrons. The molecule has 16 heavy (non-hydrogen) atoms. The Hall–Kier alpha value is -0.900. The number of nitrogens with two attached hydrogens (primary N) is 2. The second-order valence-electron chi connectivity index (χ2n) is 4.67. The monoisotopic (exact) mass is 220 g/mol. The van der Waals surface area contributed by atoms with E-state index in [1.165, 1.54) is 5.56 Å². The fraction of sp³-hybridized carbons (Fsp3) is 0.538.